The Morgan fingerprint density at radius 2 is 1.56 bits per heavy atom. The van der Waals surface area contributed by atoms with E-state index < -0.39 is 5.97 Å². The van der Waals surface area contributed by atoms with Crippen molar-refractivity contribution < 1.29 is 9.53 Å². The van der Waals surface area contributed by atoms with Gasteiger partial charge in [0.1, 0.15) is 5.75 Å². The Bertz CT molecular complexity index is 819. The minimum Gasteiger partial charge on any atom is -0.423 e. The molecule has 5 heteroatoms. The maximum absolute atomic E-state index is 12.1. The molecule has 126 valence electrons. The highest BCUT2D eigenvalue weighted by molar-refractivity contribution is 6.30. The zero-order valence-electron chi connectivity index (χ0n) is 13.4. The maximum Gasteiger partial charge on any atom is 0.343 e. The van der Waals surface area contributed by atoms with Gasteiger partial charge in [0.25, 0.3) is 0 Å². The van der Waals surface area contributed by atoms with Gasteiger partial charge in [-0.2, -0.15) is 0 Å². The van der Waals surface area contributed by atoms with Gasteiger partial charge in [-0.05, 0) is 54.1 Å². The quantitative estimate of drug-likeness (QED) is 0.384. The summed E-state index contributed by atoms with van der Waals surface area (Å²) >= 11 is 5.81. The van der Waals surface area contributed by atoms with Gasteiger partial charge < -0.3 is 10.2 Å². The van der Waals surface area contributed by atoms with Gasteiger partial charge >= 0.3 is 5.97 Å². The third kappa shape index (κ3) is 5.08. The second kappa shape index (κ2) is 8.33. The number of carbonyl (C=O) groups is 1. The first-order valence-corrected chi connectivity index (χ1v) is 8.19. The maximum atomic E-state index is 12.1. The van der Waals surface area contributed by atoms with Crippen molar-refractivity contribution >= 4 is 23.3 Å². The number of rotatable bonds is 6. The number of hydrogen-bond acceptors (Lipinski definition) is 4. The summed E-state index contributed by atoms with van der Waals surface area (Å²) < 4.78 is 5.35. The first-order valence-electron chi connectivity index (χ1n) is 7.81. The van der Waals surface area contributed by atoms with E-state index >= 15 is 0 Å². The Balaban J connectivity index is 1.51. The number of hydrogen-bond donors (Lipinski definition) is 2. The van der Waals surface area contributed by atoms with Crippen LogP contribution in [0.25, 0.3) is 0 Å². The van der Waals surface area contributed by atoms with E-state index in [9.17, 15) is 4.79 Å². The van der Waals surface area contributed by atoms with Crippen LogP contribution in [0, 0.1) is 0 Å². The predicted octanol–water partition coefficient (Wildman–Crippen LogP) is 4.68. The Kier molecular flexibility index (Phi) is 5.67. The van der Waals surface area contributed by atoms with Crippen LogP contribution in [0.2, 0.25) is 5.02 Å². The van der Waals surface area contributed by atoms with Gasteiger partial charge in [0.05, 0.1) is 5.56 Å². The summed E-state index contributed by atoms with van der Waals surface area (Å²) in [5.74, 6) is 0.0907. The fourth-order valence-corrected chi connectivity index (χ4v) is 2.32. The van der Waals surface area contributed by atoms with Crippen molar-refractivity contribution in [2.75, 3.05) is 5.43 Å². The number of ether oxygens (including phenoxy) is 1. The number of anilines is 1. The van der Waals surface area contributed by atoms with Crippen molar-refractivity contribution in [2.45, 2.75) is 6.54 Å². The van der Waals surface area contributed by atoms with Crippen molar-refractivity contribution in [1.82, 2.24) is 5.43 Å². The second-order valence-electron chi connectivity index (χ2n) is 5.38. The van der Waals surface area contributed by atoms with Crippen LogP contribution < -0.4 is 15.6 Å². The van der Waals surface area contributed by atoms with Crippen LogP contribution in [-0.4, -0.2) is 5.97 Å². The highest BCUT2D eigenvalue weighted by Gasteiger charge is 2.08. The molecule has 0 aromatic heterocycles. The van der Waals surface area contributed by atoms with Gasteiger partial charge in [0, 0.05) is 17.3 Å². The van der Waals surface area contributed by atoms with Crippen LogP contribution >= 0.6 is 11.6 Å². The third-order valence-electron chi connectivity index (χ3n) is 3.51. The summed E-state index contributed by atoms with van der Waals surface area (Å²) in [6, 6.07) is 23.8. The molecular formula is C20H17ClN2O2. The van der Waals surface area contributed by atoms with Gasteiger partial charge in [0.2, 0.25) is 0 Å². The lowest BCUT2D eigenvalue weighted by Gasteiger charge is -2.09. The van der Waals surface area contributed by atoms with E-state index in [0.717, 1.165) is 11.3 Å². The topological polar surface area (TPSA) is 50.4 Å². The van der Waals surface area contributed by atoms with E-state index in [1.807, 2.05) is 42.5 Å². The fraction of sp³-hybridized carbons (Fsp3) is 0.0500. The lowest BCUT2D eigenvalue weighted by molar-refractivity contribution is 0.0734. The molecule has 0 aliphatic rings. The minimum atomic E-state index is -0.409. The Hall–Kier alpha value is -2.82. The Morgan fingerprint density at radius 3 is 2.24 bits per heavy atom. The van der Waals surface area contributed by atoms with Gasteiger partial charge in [-0.1, -0.05) is 41.9 Å². The zero-order chi connectivity index (χ0) is 17.5. The molecule has 2 N–H and O–H groups in total. The normalized spacial score (nSPS) is 10.3. The van der Waals surface area contributed by atoms with Crippen LogP contribution in [0.5, 0.6) is 5.75 Å². The molecule has 0 bridgehead atoms. The molecule has 4 nitrogen and oxygen atoms in total. The average Bonchev–Trinajstić information content (AvgIpc) is 2.64. The smallest absolute Gasteiger partial charge is 0.343 e. The van der Waals surface area contributed by atoms with E-state index in [4.69, 9.17) is 16.3 Å². The van der Waals surface area contributed by atoms with E-state index in [1.54, 1.807) is 36.4 Å². The molecule has 0 radical (unpaired) electrons. The molecule has 0 atom stereocenters. The summed E-state index contributed by atoms with van der Waals surface area (Å²) in [5.41, 5.74) is 8.78. The standard InChI is InChI=1S/C20H17ClN2O2/c21-17-10-8-16(9-11-17)20(24)25-19-12-6-15(7-13-19)14-22-23-18-4-2-1-3-5-18/h1-13,22-23H,14H2. The largest absolute Gasteiger partial charge is 0.423 e. The van der Waals surface area contributed by atoms with E-state index in [2.05, 4.69) is 10.9 Å². The third-order valence-corrected chi connectivity index (χ3v) is 3.76. The lowest BCUT2D eigenvalue weighted by Crippen LogP contribution is -2.20. The average molecular weight is 353 g/mol. The summed E-state index contributed by atoms with van der Waals surface area (Å²) in [7, 11) is 0. The molecule has 0 aliphatic heterocycles. The van der Waals surface area contributed by atoms with Crippen molar-refractivity contribution in [2.24, 2.45) is 0 Å². The molecule has 25 heavy (non-hydrogen) atoms. The predicted molar refractivity (Wildman–Crippen MR) is 99.8 cm³/mol. The highest BCUT2D eigenvalue weighted by Crippen LogP contribution is 2.16. The molecule has 0 saturated carbocycles. The SMILES string of the molecule is O=C(Oc1ccc(CNNc2ccccc2)cc1)c1ccc(Cl)cc1. The molecule has 0 unspecified atom stereocenters. The summed E-state index contributed by atoms with van der Waals surface area (Å²) in [5, 5.41) is 0.581. The van der Waals surface area contributed by atoms with Crippen molar-refractivity contribution in [3.63, 3.8) is 0 Å². The molecule has 3 aromatic carbocycles. The van der Waals surface area contributed by atoms with Crippen molar-refractivity contribution in [3.05, 3.63) is 95.0 Å². The van der Waals surface area contributed by atoms with Gasteiger partial charge in [0.15, 0.2) is 0 Å². The molecule has 3 aromatic rings. The minimum absolute atomic E-state index is 0.409. The summed E-state index contributed by atoms with van der Waals surface area (Å²) in [6.45, 7) is 0.639. The van der Waals surface area contributed by atoms with Gasteiger partial charge in [-0.3, -0.25) is 0 Å². The van der Waals surface area contributed by atoms with Crippen LogP contribution in [0.1, 0.15) is 15.9 Å². The second-order valence-corrected chi connectivity index (χ2v) is 5.82. The van der Waals surface area contributed by atoms with Crippen LogP contribution in [0.15, 0.2) is 78.9 Å². The first-order chi connectivity index (χ1) is 12.2. The monoisotopic (exact) mass is 352 g/mol. The lowest BCUT2D eigenvalue weighted by atomic mass is 10.2. The van der Waals surface area contributed by atoms with Crippen molar-refractivity contribution in [3.8, 4) is 5.75 Å². The van der Waals surface area contributed by atoms with E-state index in [-0.39, 0.29) is 0 Å². The molecule has 0 amide bonds. The zero-order valence-corrected chi connectivity index (χ0v) is 14.2. The van der Waals surface area contributed by atoms with Crippen LogP contribution in [-0.2, 0) is 6.54 Å². The van der Waals surface area contributed by atoms with E-state index in [0.29, 0.717) is 22.9 Å². The number of carbonyl (C=O) groups excluding carboxylic acids is 1. The first kappa shape index (κ1) is 17.0. The number of hydrazine groups is 1. The molecule has 0 heterocycles. The molecule has 3 rings (SSSR count). The van der Waals surface area contributed by atoms with E-state index in [1.165, 1.54) is 0 Å². The molecular weight excluding hydrogens is 336 g/mol. The van der Waals surface area contributed by atoms with Crippen LogP contribution in [0.3, 0.4) is 0 Å². The Labute approximate surface area is 151 Å². The van der Waals surface area contributed by atoms with Crippen LogP contribution in [0.4, 0.5) is 5.69 Å². The van der Waals surface area contributed by atoms with Gasteiger partial charge in [-0.15, -0.1) is 0 Å². The number of halogens is 1. The number of esters is 1. The molecule has 0 spiro atoms. The van der Waals surface area contributed by atoms with Crippen molar-refractivity contribution in [1.29, 1.82) is 0 Å². The highest BCUT2D eigenvalue weighted by atomic mass is 35.5. The molecule has 0 saturated heterocycles. The fourth-order valence-electron chi connectivity index (χ4n) is 2.20. The number of benzene rings is 3. The van der Waals surface area contributed by atoms with Gasteiger partial charge in [-0.25, -0.2) is 10.2 Å². The summed E-state index contributed by atoms with van der Waals surface area (Å²) in [6.07, 6.45) is 0. The molecule has 0 aliphatic carbocycles. The number of nitrogens with one attached hydrogen (secondary N) is 2. The molecule has 0 fully saturated rings. The number of para-hydroxylation sites is 1. The summed E-state index contributed by atoms with van der Waals surface area (Å²) in [4.78, 5) is 12.1. The Morgan fingerprint density at radius 1 is 0.880 bits per heavy atom.